The normalized spacial score (nSPS) is 12.5. The van der Waals surface area contributed by atoms with Crippen LogP contribution >= 0.6 is 15.9 Å². The fourth-order valence-corrected chi connectivity index (χ4v) is 2.17. The maximum atomic E-state index is 5.65. The molecule has 96 valence electrons. The van der Waals surface area contributed by atoms with E-state index in [0.717, 1.165) is 10.9 Å². The first kappa shape index (κ1) is 14.5. The maximum absolute atomic E-state index is 5.65. The molecule has 0 aliphatic heterocycles. The topological polar surface area (TPSA) is 38.5 Å². The SMILES string of the molecule is COCC(C)N(C)c1cc(Br)ccc1CCN. The Morgan fingerprint density at radius 1 is 1.47 bits per heavy atom. The highest BCUT2D eigenvalue weighted by Gasteiger charge is 2.13. The summed E-state index contributed by atoms with van der Waals surface area (Å²) in [4.78, 5) is 2.24. The second-order valence-electron chi connectivity index (χ2n) is 4.23. The molecular weight excluding hydrogens is 280 g/mol. The number of nitrogens with two attached hydrogens (primary N) is 1. The summed E-state index contributed by atoms with van der Waals surface area (Å²) in [7, 11) is 3.82. The molecule has 17 heavy (non-hydrogen) atoms. The van der Waals surface area contributed by atoms with Crippen molar-refractivity contribution in [1.82, 2.24) is 0 Å². The van der Waals surface area contributed by atoms with Crippen LogP contribution in [0.5, 0.6) is 0 Å². The number of ether oxygens (including phenoxy) is 1. The summed E-state index contributed by atoms with van der Waals surface area (Å²) < 4.78 is 6.29. The Morgan fingerprint density at radius 2 is 2.18 bits per heavy atom. The fraction of sp³-hybridized carbons (Fsp3) is 0.538. The summed E-state index contributed by atoms with van der Waals surface area (Å²) in [5.74, 6) is 0. The van der Waals surface area contributed by atoms with Crippen molar-refractivity contribution in [3.63, 3.8) is 0 Å². The molecule has 1 aromatic rings. The molecule has 2 N–H and O–H groups in total. The van der Waals surface area contributed by atoms with E-state index in [9.17, 15) is 0 Å². The quantitative estimate of drug-likeness (QED) is 0.877. The lowest BCUT2D eigenvalue weighted by molar-refractivity contribution is 0.183. The van der Waals surface area contributed by atoms with Gasteiger partial charge in [0, 0.05) is 30.4 Å². The molecule has 0 aliphatic carbocycles. The van der Waals surface area contributed by atoms with Crippen LogP contribution in [0.3, 0.4) is 0 Å². The van der Waals surface area contributed by atoms with Crippen LogP contribution in [0.15, 0.2) is 22.7 Å². The molecule has 0 saturated carbocycles. The van der Waals surface area contributed by atoms with Gasteiger partial charge in [-0.2, -0.15) is 0 Å². The maximum Gasteiger partial charge on any atom is 0.0663 e. The van der Waals surface area contributed by atoms with Gasteiger partial charge in [-0.3, -0.25) is 0 Å². The van der Waals surface area contributed by atoms with Gasteiger partial charge in [-0.1, -0.05) is 22.0 Å². The van der Waals surface area contributed by atoms with E-state index in [-0.39, 0.29) is 0 Å². The highest BCUT2D eigenvalue weighted by atomic mass is 79.9. The molecule has 0 heterocycles. The van der Waals surface area contributed by atoms with Crippen LogP contribution in [-0.2, 0) is 11.2 Å². The standard InChI is InChI=1S/C13H21BrN2O/c1-10(9-17-3)16(2)13-8-12(14)5-4-11(13)6-7-15/h4-5,8,10H,6-7,9,15H2,1-3H3. The van der Waals surface area contributed by atoms with Gasteiger partial charge in [-0.25, -0.2) is 0 Å². The van der Waals surface area contributed by atoms with Crippen molar-refractivity contribution in [2.24, 2.45) is 5.73 Å². The van der Waals surface area contributed by atoms with Crippen molar-refractivity contribution in [3.8, 4) is 0 Å². The third kappa shape index (κ3) is 3.98. The molecule has 0 saturated heterocycles. The average Bonchev–Trinajstić information content (AvgIpc) is 2.31. The van der Waals surface area contributed by atoms with Crippen molar-refractivity contribution in [2.45, 2.75) is 19.4 Å². The molecule has 0 fully saturated rings. The molecule has 0 amide bonds. The van der Waals surface area contributed by atoms with Crippen LogP contribution in [0, 0.1) is 0 Å². The molecule has 0 bridgehead atoms. The summed E-state index contributed by atoms with van der Waals surface area (Å²) in [6, 6.07) is 6.66. The molecule has 0 aromatic heterocycles. The highest BCUT2D eigenvalue weighted by Crippen LogP contribution is 2.26. The van der Waals surface area contributed by atoms with Gasteiger partial charge in [-0.05, 0) is 37.6 Å². The zero-order valence-electron chi connectivity index (χ0n) is 10.7. The molecule has 1 aromatic carbocycles. The predicted molar refractivity (Wildman–Crippen MR) is 76.6 cm³/mol. The Labute approximate surface area is 112 Å². The van der Waals surface area contributed by atoms with Crippen LogP contribution in [-0.4, -0.2) is 33.4 Å². The Morgan fingerprint density at radius 3 is 2.76 bits per heavy atom. The second-order valence-corrected chi connectivity index (χ2v) is 5.14. The predicted octanol–water partition coefficient (Wildman–Crippen LogP) is 2.42. The van der Waals surface area contributed by atoms with Crippen molar-refractivity contribution < 1.29 is 4.74 Å². The number of hydrogen-bond acceptors (Lipinski definition) is 3. The molecule has 4 heteroatoms. The number of rotatable bonds is 6. The minimum absolute atomic E-state index is 0.339. The molecule has 1 rings (SSSR count). The summed E-state index contributed by atoms with van der Waals surface area (Å²) in [6.45, 7) is 3.53. The number of likely N-dealkylation sites (N-methyl/N-ethyl adjacent to an activating group) is 1. The van der Waals surface area contributed by atoms with E-state index in [1.807, 2.05) is 0 Å². The van der Waals surface area contributed by atoms with Gasteiger partial charge in [0.2, 0.25) is 0 Å². The second kappa shape index (κ2) is 6.99. The minimum atomic E-state index is 0.339. The Balaban J connectivity index is 2.96. The molecule has 1 unspecified atom stereocenters. The van der Waals surface area contributed by atoms with Gasteiger partial charge < -0.3 is 15.4 Å². The summed E-state index contributed by atoms with van der Waals surface area (Å²) in [5.41, 5.74) is 8.14. The first-order valence-electron chi connectivity index (χ1n) is 5.80. The smallest absolute Gasteiger partial charge is 0.0663 e. The van der Waals surface area contributed by atoms with Crippen LogP contribution in [0.2, 0.25) is 0 Å². The van der Waals surface area contributed by atoms with Gasteiger partial charge in [0.25, 0.3) is 0 Å². The lowest BCUT2D eigenvalue weighted by Crippen LogP contribution is -2.33. The van der Waals surface area contributed by atoms with E-state index in [1.165, 1.54) is 11.3 Å². The third-order valence-electron chi connectivity index (χ3n) is 2.91. The summed E-state index contributed by atoms with van der Waals surface area (Å²) >= 11 is 3.51. The van der Waals surface area contributed by atoms with Gasteiger partial charge >= 0.3 is 0 Å². The fourth-order valence-electron chi connectivity index (χ4n) is 1.82. The first-order valence-corrected chi connectivity index (χ1v) is 6.59. The summed E-state index contributed by atoms with van der Waals surface area (Å²) in [6.07, 6.45) is 0.895. The Bertz CT molecular complexity index is 357. The van der Waals surface area contributed by atoms with Crippen LogP contribution in [0.25, 0.3) is 0 Å². The molecule has 0 radical (unpaired) electrons. The van der Waals surface area contributed by atoms with Gasteiger partial charge in [0.1, 0.15) is 0 Å². The van der Waals surface area contributed by atoms with Crippen molar-refractivity contribution in [2.75, 3.05) is 32.2 Å². The molecular formula is C13H21BrN2O. The number of benzene rings is 1. The van der Waals surface area contributed by atoms with E-state index >= 15 is 0 Å². The highest BCUT2D eigenvalue weighted by molar-refractivity contribution is 9.10. The average molecular weight is 301 g/mol. The van der Waals surface area contributed by atoms with Crippen molar-refractivity contribution in [3.05, 3.63) is 28.2 Å². The van der Waals surface area contributed by atoms with Gasteiger partial charge in [0.05, 0.1) is 6.61 Å². The van der Waals surface area contributed by atoms with E-state index in [1.54, 1.807) is 7.11 Å². The molecule has 0 spiro atoms. The lowest BCUT2D eigenvalue weighted by atomic mass is 10.1. The minimum Gasteiger partial charge on any atom is -0.383 e. The zero-order valence-corrected chi connectivity index (χ0v) is 12.3. The lowest BCUT2D eigenvalue weighted by Gasteiger charge is -2.28. The number of anilines is 1. The van der Waals surface area contributed by atoms with E-state index in [0.29, 0.717) is 19.2 Å². The van der Waals surface area contributed by atoms with E-state index in [2.05, 4.69) is 53.0 Å². The molecule has 1 atom stereocenters. The van der Waals surface area contributed by atoms with E-state index < -0.39 is 0 Å². The van der Waals surface area contributed by atoms with Gasteiger partial charge in [-0.15, -0.1) is 0 Å². The number of halogens is 1. The van der Waals surface area contributed by atoms with Crippen LogP contribution < -0.4 is 10.6 Å². The third-order valence-corrected chi connectivity index (χ3v) is 3.40. The van der Waals surface area contributed by atoms with Crippen LogP contribution in [0.1, 0.15) is 12.5 Å². The number of methoxy groups -OCH3 is 1. The Kier molecular flexibility index (Phi) is 5.95. The molecule has 3 nitrogen and oxygen atoms in total. The van der Waals surface area contributed by atoms with E-state index in [4.69, 9.17) is 10.5 Å². The largest absolute Gasteiger partial charge is 0.383 e. The molecule has 0 aliphatic rings. The Hall–Kier alpha value is -0.580. The van der Waals surface area contributed by atoms with Crippen molar-refractivity contribution in [1.29, 1.82) is 0 Å². The zero-order chi connectivity index (χ0) is 12.8. The number of hydrogen-bond donors (Lipinski definition) is 1. The monoisotopic (exact) mass is 300 g/mol. The number of nitrogens with zero attached hydrogens (tertiary/aromatic N) is 1. The van der Waals surface area contributed by atoms with Crippen molar-refractivity contribution >= 4 is 21.6 Å². The first-order chi connectivity index (χ1) is 8.10. The van der Waals surface area contributed by atoms with Gasteiger partial charge in [0.15, 0.2) is 0 Å². The van der Waals surface area contributed by atoms with Crippen LogP contribution in [0.4, 0.5) is 5.69 Å². The summed E-state index contributed by atoms with van der Waals surface area (Å²) in [5, 5.41) is 0.